The van der Waals surface area contributed by atoms with Crippen molar-refractivity contribution in [3.8, 4) is 0 Å². The number of allylic oxidation sites excluding steroid dienone is 6. The molecule has 0 heterocycles. The number of hydrogen-bond acceptors (Lipinski definition) is 1. The van der Waals surface area contributed by atoms with Crippen LogP contribution >= 0.6 is 0 Å². The zero-order chi connectivity index (χ0) is 12.4. The number of hydrogen-bond donors (Lipinski definition) is 0. The van der Waals surface area contributed by atoms with E-state index in [0.717, 1.165) is 37.5 Å². The standard InChI is InChI=1S/C15H24O/c1-13(2)8-7-11-14(3)9-5-6-10-15(4)12-16/h8-10,12H,5-7,11H2,1-4H3. The summed E-state index contributed by atoms with van der Waals surface area (Å²) in [7, 11) is 0. The van der Waals surface area contributed by atoms with Gasteiger partial charge in [0.05, 0.1) is 0 Å². The van der Waals surface area contributed by atoms with Gasteiger partial charge in [-0.2, -0.15) is 0 Å². The largest absolute Gasteiger partial charge is 0.298 e. The summed E-state index contributed by atoms with van der Waals surface area (Å²) in [4.78, 5) is 10.3. The second-order valence-corrected chi connectivity index (χ2v) is 4.51. The molecular formula is C15H24O. The molecule has 0 spiro atoms. The lowest BCUT2D eigenvalue weighted by atomic mass is 10.1. The molecule has 0 rings (SSSR count). The Hall–Kier alpha value is -1.11. The van der Waals surface area contributed by atoms with Crippen molar-refractivity contribution in [3.63, 3.8) is 0 Å². The van der Waals surface area contributed by atoms with E-state index in [9.17, 15) is 4.79 Å². The van der Waals surface area contributed by atoms with Gasteiger partial charge in [0, 0.05) is 0 Å². The summed E-state index contributed by atoms with van der Waals surface area (Å²) in [5, 5.41) is 0. The van der Waals surface area contributed by atoms with E-state index in [4.69, 9.17) is 0 Å². The average molecular weight is 220 g/mol. The summed E-state index contributed by atoms with van der Waals surface area (Å²) >= 11 is 0. The molecular weight excluding hydrogens is 196 g/mol. The molecule has 0 atom stereocenters. The maximum atomic E-state index is 10.3. The minimum absolute atomic E-state index is 0.829. The molecule has 0 amide bonds. The Morgan fingerprint density at radius 3 is 2.06 bits per heavy atom. The third-order valence-corrected chi connectivity index (χ3v) is 2.40. The van der Waals surface area contributed by atoms with Crippen molar-refractivity contribution in [3.05, 3.63) is 34.9 Å². The van der Waals surface area contributed by atoms with Crippen LogP contribution in [0, 0.1) is 0 Å². The number of unbranched alkanes of at least 4 members (excludes halogenated alkanes) is 1. The van der Waals surface area contributed by atoms with Crippen LogP contribution in [-0.4, -0.2) is 6.29 Å². The summed E-state index contributed by atoms with van der Waals surface area (Å²) in [6.07, 6.45) is 11.7. The molecule has 0 saturated carbocycles. The minimum Gasteiger partial charge on any atom is -0.298 e. The Balaban J connectivity index is 3.79. The molecule has 0 aliphatic rings. The number of aldehydes is 1. The van der Waals surface area contributed by atoms with Crippen molar-refractivity contribution in [1.82, 2.24) is 0 Å². The van der Waals surface area contributed by atoms with E-state index < -0.39 is 0 Å². The van der Waals surface area contributed by atoms with E-state index in [0.29, 0.717) is 0 Å². The highest BCUT2D eigenvalue weighted by Gasteiger charge is 1.89. The molecule has 1 nitrogen and oxygen atoms in total. The first-order valence-electron chi connectivity index (χ1n) is 5.97. The highest BCUT2D eigenvalue weighted by Crippen LogP contribution is 2.09. The molecule has 0 unspecified atom stereocenters. The molecule has 0 radical (unpaired) electrons. The van der Waals surface area contributed by atoms with Crippen LogP contribution < -0.4 is 0 Å². The zero-order valence-electron chi connectivity index (χ0n) is 11.0. The third-order valence-electron chi connectivity index (χ3n) is 2.40. The van der Waals surface area contributed by atoms with E-state index >= 15 is 0 Å². The van der Waals surface area contributed by atoms with Gasteiger partial charge in [0.1, 0.15) is 6.29 Å². The summed E-state index contributed by atoms with van der Waals surface area (Å²) in [6, 6.07) is 0. The first-order valence-corrected chi connectivity index (χ1v) is 5.97. The lowest BCUT2D eigenvalue weighted by molar-refractivity contribution is -0.104. The van der Waals surface area contributed by atoms with Crippen molar-refractivity contribution in [1.29, 1.82) is 0 Å². The average Bonchev–Trinajstić information content (AvgIpc) is 2.23. The van der Waals surface area contributed by atoms with Crippen molar-refractivity contribution in [2.75, 3.05) is 0 Å². The molecule has 0 saturated heterocycles. The van der Waals surface area contributed by atoms with Gasteiger partial charge in [0.25, 0.3) is 0 Å². The Morgan fingerprint density at radius 2 is 1.50 bits per heavy atom. The van der Waals surface area contributed by atoms with Crippen LogP contribution in [0.3, 0.4) is 0 Å². The Bertz CT molecular complexity index is 289. The summed E-state index contributed by atoms with van der Waals surface area (Å²) < 4.78 is 0. The third kappa shape index (κ3) is 9.45. The fraction of sp³-hybridized carbons (Fsp3) is 0.533. The van der Waals surface area contributed by atoms with Gasteiger partial charge in [-0.15, -0.1) is 0 Å². The van der Waals surface area contributed by atoms with Gasteiger partial charge >= 0.3 is 0 Å². The van der Waals surface area contributed by atoms with Gasteiger partial charge < -0.3 is 0 Å². The van der Waals surface area contributed by atoms with Crippen LogP contribution in [0.25, 0.3) is 0 Å². The lowest BCUT2D eigenvalue weighted by Crippen LogP contribution is -1.79. The van der Waals surface area contributed by atoms with E-state index in [1.165, 1.54) is 11.1 Å². The molecule has 1 heteroatoms. The maximum absolute atomic E-state index is 10.3. The molecule has 0 bridgehead atoms. The lowest BCUT2D eigenvalue weighted by Gasteiger charge is -1.98. The summed E-state index contributed by atoms with van der Waals surface area (Å²) in [5.41, 5.74) is 3.66. The smallest absolute Gasteiger partial charge is 0.145 e. The van der Waals surface area contributed by atoms with E-state index in [2.05, 4.69) is 32.9 Å². The van der Waals surface area contributed by atoms with Crippen LogP contribution in [0.4, 0.5) is 0 Å². The van der Waals surface area contributed by atoms with Crippen LogP contribution in [0.1, 0.15) is 53.4 Å². The summed E-state index contributed by atoms with van der Waals surface area (Å²) in [5.74, 6) is 0. The predicted octanol–water partition coefficient (Wildman–Crippen LogP) is 4.60. The van der Waals surface area contributed by atoms with Crippen molar-refractivity contribution in [2.45, 2.75) is 53.4 Å². The van der Waals surface area contributed by atoms with Crippen molar-refractivity contribution < 1.29 is 4.79 Å². The van der Waals surface area contributed by atoms with Gasteiger partial charge in [0.15, 0.2) is 0 Å². The van der Waals surface area contributed by atoms with E-state index in [1.807, 2.05) is 13.0 Å². The molecule has 0 N–H and O–H groups in total. The molecule has 0 aromatic carbocycles. The molecule has 16 heavy (non-hydrogen) atoms. The summed E-state index contributed by atoms with van der Waals surface area (Å²) in [6.45, 7) is 8.28. The SMILES string of the molecule is CC(C)=CCCC(C)=CCCC=C(C)C=O. The molecule has 0 aliphatic carbocycles. The second kappa shape index (κ2) is 9.14. The number of rotatable bonds is 7. The fourth-order valence-corrected chi connectivity index (χ4v) is 1.38. The van der Waals surface area contributed by atoms with Crippen LogP contribution in [0.15, 0.2) is 34.9 Å². The Kier molecular flexibility index (Phi) is 8.51. The van der Waals surface area contributed by atoms with Gasteiger partial charge in [0.2, 0.25) is 0 Å². The maximum Gasteiger partial charge on any atom is 0.145 e. The molecule has 0 aromatic rings. The molecule has 0 aromatic heterocycles. The molecule has 0 aliphatic heterocycles. The normalized spacial score (nSPS) is 12.5. The molecule has 0 fully saturated rings. The quantitative estimate of drug-likeness (QED) is 0.265. The Labute approximate surface area is 99.9 Å². The monoisotopic (exact) mass is 220 g/mol. The first kappa shape index (κ1) is 14.9. The van der Waals surface area contributed by atoms with Gasteiger partial charge in [-0.05, 0) is 59.0 Å². The zero-order valence-corrected chi connectivity index (χ0v) is 11.0. The van der Waals surface area contributed by atoms with Crippen LogP contribution in [0.2, 0.25) is 0 Å². The van der Waals surface area contributed by atoms with Crippen molar-refractivity contribution in [2.24, 2.45) is 0 Å². The Morgan fingerprint density at radius 1 is 0.875 bits per heavy atom. The molecule has 90 valence electrons. The van der Waals surface area contributed by atoms with Crippen LogP contribution in [0.5, 0.6) is 0 Å². The highest BCUT2D eigenvalue weighted by atomic mass is 16.1. The second-order valence-electron chi connectivity index (χ2n) is 4.51. The predicted molar refractivity (Wildman–Crippen MR) is 71.5 cm³/mol. The topological polar surface area (TPSA) is 17.1 Å². The van der Waals surface area contributed by atoms with Gasteiger partial charge in [-0.25, -0.2) is 0 Å². The highest BCUT2D eigenvalue weighted by molar-refractivity contribution is 5.71. The fourth-order valence-electron chi connectivity index (χ4n) is 1.38. The van der Waals surface area contributed by atoms with Crippen molar-refractivity contribution >= 4 is 6.29 Å². The van der Waals surface area contributed by atoms with Crippen LogP contribution in [-0.2, 0) is 4.79 Å². The number of carbonyl (C=O) groups is 1. The van der Waals surface area contributed by atoms with Gasteiger partial charge in [-0.1, -0.05) is 29.4 Å². The first-order chi connectivity index (χ1) is 7.56. The minimum atomic E-state index is 0.829. The van der Waals surface area contributed by atoms with Gasteiger partial charge in [-0.3, -0.25) is 4.79 Å². The number of carbonyl (C=O) groups excluding carboxylic acids is 1. The van der Waals surface area contributed by atoms with E-state index in [-0.39, 0.29) is 0 Å². The van der Waals surface area contributed by atoms with E-state index in [1.54, 1.807) is 0 Å².